The van der Waals surface area contributed by atoms with Gasteiger partial charge in [0.25, 0.3) is 0 Å². The monoisotopic (exact) mass is 268 g/mol. The molecule has 4 nitrogen and oxygen atoms in total. The molecular formula is C15H13FN4. The molecule has 5 heteroatoms. The lowest BCUT2D eigenvalue weighted by atomic mass is 10.1. The molecule has 0 aliphatic heterocycles. The molecule has 0 saturated carbocycles. The van der Waals surface area contributed by atoms with E-state index in [0.717, 1.165) is 29.8 Å². The maximum atomic E-state index is 12.8. The molecule has 0 amide bonds. The van der Waals surface area contributed by atoms with Gasteiger partial charge in [-0.15, -0.1) is 0 Å². The number of aryl methyl sites for hydroxylation is 2. The zero-order valence-corrected chi connectivity index (χ0v) is 10.8. The summed E-state index contributed by atoms with van der Waals surface area (Å²) in [6, 6.07) is 10.3. The number of aromatic amines is 1. The van der Waals surface area contributed by atoms with Crippen LogP contribution in [0.2, 0.25) is 0 Å². The van der Waals surface area contributed by atoms with Crippen LogP contribution < -0.4 is 0 Å². The summed E-state index contributed by atoms with van der Waals surface area (Å²) in [6.07, 6.45) is 4.97. The van der Waals surface area contributed by atoms with Crippen molar-refractivity contribution in [2.75, 3.05) is 0 Å². The van der Waals surface area contributed by atoms with Gasteiger partial charge in [-0.1, -0.05) is 12.1 Å². The molecule has 1 N–H and O–H groups in total. The summed E-state index contributed by atoms with van der Waals surface area (Å²) in [5, 5.41) is 7.10. The van der Waals surface area contributed by atoms with Gasteiger partial charge < -0.3 is 0 Å². The number of pyridine rings is 1. The Hall–Kier alpha value is -2.56. The fourth-order valence-electron chi connectivity index (χ4n) is 1.95. The molecule has 0 aliphatic rings. The molecule has 100 valence electrons. The molecule has 0 aliphatic carbocycles. The first-order chi connectivity index (χ1) is 9.81. The number of halogens is 1. The number of hydrogen-bond donors (Lipinski definition) is 1. The van der Waals surface area contributed by atoms with Crippen LogP contribution in [-0.4, -0.2) is 20.2 Å². The van der Waals surface area contributed by atoms with Crippen molar-refractivity contribution in [3.8, 4) is 11.4 Å². The van der Waals surface area contributed by atoms with E-state index < -0.39 is 0 Å². The number of nitrogens with zero attached hydrogens (tertiary/aromatic N) is 3. The Morgan fingerprint density at radius 2 is 1.90 bits per heavy atom. The highest BCUT2D eigenvalue weighted by atomic mass is 19.1. The number of aromatic nitrogens is 4. The quantitative estimate of drug-likeness (QED) is 0.791. The molecule has 0 spiro atoms. The highest BCUT2D eigenvalue weighted by Gasteiger charge is 2.06. The van der Waals surface area contributed by atoms with Gasteiger partial charge in [0.15, 0.2) is 5.82 Å². The lowest BCUT2D eigenvalue weighted by molar-refractivity contribution is 0.627. The van der Waals surface area contributed by atoms with Crippen molar-refractivity contribution in [2.45, 2.75) is 12.8 Å². The molecule has 0 fully saturated rings. The molecule has 0 saturated heterocycles. The minimum absolute atomic E-state index is 0.215. The van der Waals surface area contributed by atoms with Gasteiger partial charge >= 0.3 is 0 Å². The van der Waals surface area contributed by atoms with E-state index in [1.807, 2.05) is 12.1 Å². The van der Waals surface area contributed by atoms with Crippen molar-refractivity contribution in [2.24, 2.45) is 0 Å². The average Bonchev–Trinajstić information content (AvgIpc) is 2.97. The van der Waals surface area contributed by atoms with Gasteiger partial charge in [-0.3, -0.25) is 10.1 Å². The van der Waals surface area contributed by atoms with Crippen LogP contribution >= 0.6 is 0 Å². The first-order valence-electron chi connectivity index (χ1n) is 6.37. The predicted molar refractivity (Wildman–Crippen MR) is 73.4 cm³/mol. The number of rotatable bonds is 4. The van der Waals surface area contributed by atoms with Gasteiger partial charge in [0, 0.05) is 24.4 Å². The van der Waals surface area contributed by atoms with Crippen molar-refractivity contribution < 1.29 is 4.39 Å². The van der Waals surface area contributed by atoms with Crippen molar-refractivity contribution in [1.29, 1.82) is 0 Å². The number of hydrogen-bond acceptors (Lipinski definition) is 3. The molecule has 20 heavy (non-hydrogen) atoms. The molecule has 0 bridgehead atoms. The van der Waals surface area contributed by atoms with E-state index in [4.69, 9.17) is 0 Å². The molecule has 0 atom stereocenters. The van der Waals surface area contributed by atoms with E-state index in [9.17, 15) is 4.39 Å². The van der Waals surface area contributed by atoms with Crippen LogP contribution in [0.3, 0.4) is 0 Å². The van der Waals surface area contributed by atoms with E-state index in [1.54, 1.807) is 24.5 Å². The number of H-pyrrole nitrogens is 1. The largest absolute Gasteiger partial charge is 0.264 e. The van der Waals surface area contributed by atoms with Crippen LogP contribution in [0, 0.1) is 5.82 Å². The zero-order chi connectivity index (χ0) is 13.8. The maximum Gasteiger partial charge on any atom is 0.182 e. The van der Waals surface area contributed by atoms with E-state index in [-0.39, 0.29) is 5.82 Å². The summed E-state index contributed by atoms with van der Waals surface area (Å²) in [4.78, 5) is 8.48. The molecule has 3 aromatic rings. The van der Waals surface area contributed by atoms with E-state index in [2.05, 4.69) is 20.2 Å². The third-order valence-electron chi connectivity index (χ3n) is 3.02. The Bertz CT molecular complexity index is 677. The van der Waals surface area contributed by atoms with Crippen molar-refractivity contribution in [3.05, 3.63) is 66.0 Å². The van der Waals surface area contributed by atoms with E-state index in [1.165, 1.54) is 12.1 Å². The number of nitrogens with one attached hydrogen (secondary N) is 1. The molecule has 2 heterocycles. The first-order valence-corrected chi connectivity index (χ1v) is 6.37. The van der Waals surface area contributed by atoms with Crippen LogP contribution in [0.1, 0.15) is 11.4 Å². The highest BCUT2D eigenvalue weighted by molar-refractivity contribution is 5.52. The van der Waals surface area contributed by atoms with Gasteiger partial charge in [0.2, 0.25) is 0 Å². The zero-order valence-electron chi connectivity index (χ0n) is 10.8. The average molecular weight is 268 g/mol. The number of benzene rings is 1. The van der Waals surface area contributed by atoms with Gasteiger partial charge in [0.05, 0.1) is 0 Å². The van der Waals surface area contributed by atoms with Crippen LogP contribution in [-0.2, 0) is 12.8 Å². The molecule has 1 aromatic carbocycles. The smallest absolute Gasteiger partial charge is 0.182 e. The van der Waals surface area contributed by atoms with Gasteiger partial charge in [0.1, 0.15) is 11.6 Å². The van der Waals surface area contributed by atoms with Crippen LogP contribution in [0.25, 0.3) is 11.4 Å². The Morgan fingerprint density at radius 3 is 2.65 bits per heavy atom. The standard InChI is InChI=1S/C15H13FN4/c16-13-6-3-11(4-7-13)5-8-14-18-15(20-19-14)12-2-1-9-17-10-12/h1-4,6-7,9-10H,5,8H2,(H,18,19,20). The first kappa shape index (κ1) is 12.5. The third kappa shape index (κ3) is 2.88. The second kappa shape index (κ2) is 5.61. The molecular weight excluding hydrogens is 255 g/mol. The van der Waals surface area contributed by atoms with E-state index in [0.29, 0.717) is 5.82 Å². The lowest BCUT2D eigenvalue weighted by Gasteiger charge is -1.98. The molecule has 0 radical (unpaired) electrons. The van der Waals surface area contributed by atoms with Crippen molar-refractivity contribution >= 4 is 0 Å². The second-order valence-electron chi connectivity index (χ2n) is 4.47. The molecule has 3 rings (SSSR count). The summed E-state index contributed by atoms with van der Waals surface area (Å²) >= 11 is 0. The van der Waals surface area contributed by atoms with Crippen LogP contribution in [0.4, 0.5) is 4.39 Å². The van der Waals surface area contributed by atoms with Crippen molar-refractivity contribution in [1.82, 2.24) is 20.2 Å². The Kier molecular flexibility index (Phi) is 3.50. The Morgan fingerprint density at radius 1 is 1.05 bits per heavy atom. The van der Waals surface area contributed by atoms with Gasteiger partial charge in [-0.05, 0) is 36.2 Å². The predicted octanol–water partition coefficient (Wildman–Crippen LogP) is 2.79. The minimum Gasteiger partial charge on any atom is -0.264 e. The normalized spacial score (nSPS) is 10.7. The van der Waals surface area contributed by atoms with Crippen LogP contribution in [0.15, 0.2) is 48.8 Å². The Balaban J connectivity index is 1.67. The summed E-state index contributed by atoms with van der Waals surface area (Å²) in [7, 11) is 0. The van der Waals surface area contributed by atoms with E-state index >= 15 is 0 Å². The lowest BCUT2D eigenvalue weighted by Crippen LogP contribution is -1.93. The topological polar surface area (TPSA) is 54.5 Å². The SMILES string of the molecule is Fc1ccc(CCc2nc(-c3cccnc3)n[nH]2)cc1. The molecule has 2 aromatic heterocycles. The van der Waals surface area contributed by atoms with Gasteiger partial charge in [-0.25, -0.2) is 9.37 Å². The maximum absolute atomic E-state index is 12.8. The highest BCUT2D eigenvalue weighted by Crippen LogP contribution is 2.13. The van der Waals surface area contributed by atoms with Crippen LogP contribution in [0.5, 0.6) is 0 Å². The third-order valence-corrected chi connectivity index (χ3v) is 3.02. The Labute approximate surface area is 115 Å². The summed E-state index contributed by atoms with van der Waals surface area (Å²) in [5.41, 5.74) is 1.96. The minimum atomic E-state index is -0.215. The van der Waals surface area contributed by atoms with Crippen molar-refractivity contribution in [3.63, 3.8) is 0 Å². The summed E-state index contributed by atoms with van der Waals surface area (Å²) < 4.78 is 12.8. The summed E-state index contributed by atoms with van der Waals surface area (Å²) in [6.45, 7) is 0. The second-order valence-corrected chi connectivity index (χ2v) is 4.47. The summed E-state index contributed by atoms with van der Waals surface area (Å²) in [5.74, 6) is 1.24. The van der Waals surface area contributed by atoms with Gasteiger partial charge in [-0.2, -0.15) is 5.10 Å². The fraction of sp³-hybridized carbons (Fsp3) is 0.133. The molecule has 0 unspecified atom stereocenters. The fourth-order valence-corrected chi connectivity index (χ4v) is 1.95.